The Balaban J connectivity index is 2.15. The predicted molar refractivity (Wildman–Crippen MR) is 86.4 cm³/mol. The van der Waals surface area contributed by atoms with Gasteiger partial charge < -0.3 is 5.73 Å². The molecular weight excluding hydrogens is 282 g/mol. The van der Waals surface area contributed by atoms with Gasteiger partial charge in [0.15, 0.2) is 0 Å². The minimum absolute atomic E-state index is 0.00253. The van der Waals surface area contributed by atoms with Crippen molar-refractivity contribution in [3.8, 4) is 0 Å². The molecule has 4 heteroatoms. The Bertz CT molecular complexity index is 683. The highest BCUT2D eigenvalue weighted by atomic mass is 19.3. The Morgan fingerprint density at radius 2 is 1.73 bits per heavy atom. The number of nitrogens with zero attached hydrogens (tertiary/aromatic N) is 1. The van der Waals surface area contributed by atoms with Crippen LogP contribution in [0.25, 0.3) is 0 Å². The molecule has 22 heavy (non-hydrogen) atoms. The van der Waals surface area contributed by atoms with E-state index in [1.54, 1.807) is 12.1 Å². The van der Waals surface area contributed by atoms with Crippen molar-refractivity contribution in [1.82, 2.24) is 0 Å². The number of hydrogen-bond donors (Lipinski definition) is 1. The zero-order chi connectivity index (χ0) is 16.3. The first-order valence-corrected chi connectivity index (χ1v) is 7.12. The number of halogens is 2. The summed E-state index contributed by atoms with van der Waals surface area (Å²) < 4.78 is 26.3. The Kier molecular flexibility index (Phi) is 4.59. The molecule has 0 fully saturated rings. The number of aryl methyl sites for hydroxylation is 2. The lowest BCUT2D eigenvalue weighted by Gasteiger charge is -2.10. The van der Waals surface area contributed by atoms with Crippen LogP contribution in [0, 0.1) is 13.8 Å². The number of alkyl halides is 2. The molecule has 0 aromatic heterocycles. The Hall–Kier alpha value is -2.23. The maximum Gasteiger partial charge on any atom is 0.270 e. The van der Waals surface area contributed by atoms with Crippen LogP contribution in [0.1, 0.15) is 34.7 Å². The van der Waals surface area contributed by atoms with E-state index >= 15 is 0 Å². The molecule has 0 heterocycles. The molecule has 0 bridgehead atoms. The largest absolute Gasteiger partial charge is 0.383 e. The lowest BCUT2D eigenvalue weighted by molar-refractivity contribution is 0.0174. The van der Waals surface area contributed by atoms with E-state index in [1.807, 2.05) is 32.0 Å². The summed E-state index contributed by atoms with van der Waals surface area (Å²) in [4.78, 5) is 4.37. The minimum Gasteiger partial charge on any atom is -0.383 e. The van der Waals surface area contributed by atoms with Crippen molar-refractivity contribution in [3.05, 3.63) is 70.3 Å². The molecule has 2 N–H and O–H groups in total. The van der Waals surface area contributed by atoms with Gasteiger partial charge in [-0.2, -0.15) is 0 Å². The van der Waals surface area contributed by atoms with Crippen LogP contribution in [-0.2, 0) is 12.5 Å². The van der Waals surface area contributed by atoms with E-state index in [0.29, 0.717) is 12.4 Å². The van der Waals surface area contributed by atoms with Crippen LogP contribution < -0.4 is 5.73 Å². The van der Waals surface area contributed by atoms with Gasteiger partial charge in [-0.3, -0.25) is 4.99 Å². The highest BCUT2D eigenvalue weighted by Crippen LogP contribution is 2.26. The summed E-state index contributed by atoms with van der Waals surface area (Å²) in [7, 11) is 0. The Morgan fingerprint density at radius 3 is 2.32 bits per heavy atom. The van der Waals surface area contributed by atoms with Gasteiger partial charge in [0.25, 0.3) is 5.92 Å². The van der Waals surface area contributed by atoms with Gasteiger partial charge in [0.2, 0.25) is 0 Å². The average Bonchev–Trinajstić information content (AvgIpc) is 2.47. The monoisotopic (exact) mass is 302 g/mol. The van der Waals surface area contributed by atoms with Crippen LogP contribution in [0.3, 0.4) is 0 Å². The average molecular weight is 302 g/mol. The molecule has 0 aliphatic heterocycles. The van der Waals surface area contributed by atoms with E-state index in [2.05, 4.69) is 4.99 Å². The molecule has 0 saturated heterocycles. The van der Waals surface area contributed by atoms with Gasteiger partial charge in [-0.1, -0.05) is 42.0 Å². The first kappa shape index (κ1) is 16.1. The molecule has 0 atom stereocenters. The van der Waals surface area contributed by atoms with Crippen molar-refractivity contribution in [2.24, 2.45) is 10.7 Å². The van der Waals surface area contributed by atoms with Crippen LogP contribution in [0.5, 0.6) is 0 Å². The maximum atomic E-state index is 13.2. The molecule has 116 valence electrons. The number of aliphatic imine (C=N–C) groups is 1. The van der Waals surface area contributed by atoms with Crippen molar-refractivity contribution < 1.29 is 8.78 Å². The van der Waals surface area contributed by atoms with Gasteiger partial charge in [0.05, 0.1) is 6.54 Å². The standard InChI is InChI=1S/C18H20F2N2/c1-12-4-5-13(2)16(10-12)17(21)22-11-14-6-8-15(9-7-14)18(3,19)20/h4-10H,11H2,1-3H3,(H2,21,22). The van der Waals surface area contributed by atoms with Crippen molar-refractivity contribution >= 4 is 5.84 Å². The van der Waals surface area contributed by atoms with Gasteiger partial charge in [0, 0.05) is 18.1 Å². The minimum atomic E-state index is -2.82. The summed E-state index contributed by atoms with van der Waals surface area (Å²) in [6.07, 6.45) is 0. The van der Waals surface area contributed by atoms with E-state index < -0.39 is 5.92 Å². The van der Waals surface area contributed by atoms with E-state index in [1.165, 1.54) is 12.1 Å². The first-order chi connectivity index (χ1) is 10.3. The Labute approximate surface area is 129 Å². The Morgan fingerprint density at radius 1 is 1.09 bits per heavy atom. The van der Waals surface area contributed by atoms with Crippen molar-refractivity contribution in [2.45, 2.75) is 33.2 Å². The molecule has 0 aliphatic carbocycles. The number of rotatable bonds is 4. The van der Waals surface area contributed by atoms with E-state index in [4.69, 9.17) is 5.73 Å². The summed E-state index contributed by atoms with van der Waals surface area (Å²) in [5, 5.41) is 0. The molecule has 0 unspecified atom stereocenters. The van der Waals surface area contributed by atoms with E-state index in [0.717, 1.165) is 29.2 Å². The zero-order valence-electron chi connectivity index (χ0n) is 13.0. The van der Waals surface area contributed by atoms with Crippen LogP contribution in [0.2, 0.25) is 0 Å². The third-order valence-corrected chi connectivity index (χ3v) is 3.56. The highest BCUT2D eigenvalue weighted by Gasteiger charge is 2.23. The fraction of sp³-hybridized carbons (Fsp3) is 0.278. The fourth-order valence-corrected chi connectivity index (χ4v) is 2.18. The first-order valence-electron chi connectivity index (χ1n) is 7.12. The molecule has 0 radical (unpaired) electrons. The number of hydrogen-bond acceptors (Lipinski definition) is 1. The van der Waals surface area contributed by atoms with Gasteiger partial charge in [-0.05, 0) is 31.0 Å². The summed E-state index contributed by atoms with van der Waals surface area (Å²) in [6.45, 7) is 5.24. The summed E-state index contributed by atoms with van der Waals surface area (Å²) in [5.74, 6) is -2.36. The molecule has 2 rings (SSSR count). The molecule has 2 nitrogen and oxygen atoms in total. The maximum absolute atomic E-state index is 13.2. The normalized spacial score (nSPS) is 12.5. The number of nitrogens with two attached hydrogens (primary N) is 1. The van der Waals surface area contributed by atoms with Gasteiger partial charge in [-0.25, -0.2) is 8.78 Å². The molecule has 0 saturated carbocycles. The second kappa shape index (κ2) is 6.26. The number of amidine groups is 1. The smallest absolute Gasteiger partial charge is 0.270 e. The van der Waals surface area contributed by atoms with Gasteiger partial charge in [-0.15, -0.1) is 0 Å². The second-order valence-electron chi connectivity index (χ2n) is 5.61. The molecule has 0 aliphatic rings. The quantitative estimate of drug-likeness (QED) is 0.663. The van der Waals surface area contributed by atoms with Crippen LogP contribution in [0.4, 0.5) is 8.78 Å². The summed E-state index contributed by atoms with van der Waals surface area (Å²) in [6, 6.07) is 12.2. The lowest BCUT2D eigenvalue weighted by Crippen LogP contribution is -2.15. The second-order valence-corrected chi connectivity index (χ2v) is 5.61. The molecular formula is C18H20F2N2. The van der Waals surface area contributed by atoms with E-state index in [9.17, 15) is 8.78 Å². The van der Waals surface area contributed by atoms with Crippen molar-refractivity contribution in [1.29, 1.82) is 0 Å². The van der Waals surface area contributed by atoms with Crippen molar-refractivity contribution in [2.75, 3.05) is 0 Å². The lowest BCUT2D eigenvalue weighted by atomic mass is 10.0. The third kappa shape index (κ3) is 3.91. The van der Waals surface area contributed by atoms with Crippen LogP contribution in [0.15, 0.2) is 47.5 Å². The van der Waals surface area contributed by atoms with Crippen LogP contribution >= 0.6 is 0 Å². The molecule has 0 amide bonds. The van der Waals surface area contributed by atoms with Crippen LogP contribution in [-0.4, -0.2) is 5.84 Å². The van der Waals surface area contributed by atoms with Gasteiger partial charge in [0.1, 0.15) is 5.84 Å². The predicted octanol–water partition coefficient (Wildman–Crippen LogP) is 4.32. The summed E-state index contributed by atoms with van der Waals surface area (Å²) in [5.41, 5.74) is 9.99. The third-order valence-electron chi connectivity index (χ3n) is 3.56. The topological polar surface area (TPSA) is 38.4 Å². The molecule has 2 aromatic rings. The van der Waals surface area contributed by atoms with Gasteiger partial charge >= 0.3 is 0 Å². The fourth-order valence-electron chi connectivity index (χ4n) is 2.18. The zero-order valence-corrected chi connectivity index (χ0v) is 13.0. The van der Waals surface area contributed by atoms with E-state index in [-0.39, 0.29) is 5.56 Å². The van der Waals surface area contributed by atoms with Crippen molar-refractivity contribution in [3.63, 3.8) is 0 Å². The SMILES string of the molecule is Cc1ccc(C)c(C(N)=NCc2ccc(C(C)(F)F)cc2)c1. The number of benzene rings is 2. The highest BCUT2D eigenvalue weighted by molar-refractivity contribution is 5.98. The summed E-state index contributed by atoms with van der Waals surface area (Å²) >= 11 is 0. The molecule has 0 spiro atoms. The molecule has 2 aromatic carbocycles.